The van der Waals surface area contributed by atoms with Crippen molar-refractivity contribution < 1.29 is 14.7 Å². The second-order valence-corrected chi connectivity index (χ2v) is 7.71. The Kier molecular flexibility index (Phi) is 4.36. The van der Waals surface area contributed by atoms with Crippen molar-refractivity contribution in [3.63, 3.8) is 0 Å². The second-order valence-electron chi connectivity index (χ2n) is 7.71. The molecule has 6 heteroatoms. The molecule has 1 N–H and O–H groups in total. The average Bonchev–Trinajstić information content (AvgIpc) is 3.13. The molecule has 134 valence electrons. The van der Waals surface area contributed by atoms with E-state index in [9.17, 15) is 9.59 Å². The lowest BCUT2D eigenvalue weighted by Gasteiger charge is -2.39. The lowest BCUT2D eigenvalue weighted by molar-refractivity contribution is -0.134. The number of carboxylic acids is 1. The van der Waals surface area contributed by atoms with Crippen molar-refractivity contribution in [3.05, 3.63) is 30.1 Å². The van der Waals surface area contributed by atoms with Gasteiger partial charge in [0.1, 0.15) is 0 Å². The number of amides is 1. The molecule has 1 saturated heterocycles. The van der Waals surface area contributed by atoms with E-state index < -0.39 is 5.97 Å². The molecule has 2 heterocycles. The van der Waals surface area contributed by atoms with Crippen LogP contribution in [0.5, 0.6) is 0 Å². The normalized spacial score (nSPS) is 29.1. The van der Waals surface area contributed by atoms with Crippen molar-refractivity contribution in [2.24, 2.45) is 17.8 Å². The lowest BCUT2D eigenvalue weighted by atomic mass is 9.68. The Morgan fingerprint density at radius 2 is 1.96 bits per heavy atom. The predicted molar refractivity (Wildman–Crippen MR) is 92.1 cm³/mol. The highest BCUT2D eigenvalue weighted by molar-refractivity contribution is 5.86. The maximum atomic E-state index is 12.7. The number of aromatic carboxylic acids is 1. The van der Waals surface area contributed by atoms with E-state index in [2.05, 4.69) is 17.3 Å². The minimum absolute atomic E-state index is 0.186. The molecule has 1 aliphatic heterocycles. The number of nitrogens with zero attached hydrogens (tertiary/aromatic N) is 3. The van der Waals surface area contributed by atoms with Gasteiger partial charge in [-0.2, -0.15) is 5.10 Å². The minimum atomic E-state index is -0.949. The van der Waals surface area contributed by atoms with Gasteiger partial charge in [0, 0.05) is 25.7 Å². The third-order valence-corrected chi connectivity index (χ3v) is 6.19. The Morgan fingerprint density at radius 3 is 2.52 bits per heavy atom. The van der Waals surface area contributed by atoms with Crippen molar-refractivity contribution in [1.29, 1.82) is 0 Å². The van der Waals surface area contributed by atoms with Gasteiger partial charge in [-0.15, -0.1) is 0 Å². The SMILES string of the molecule is O=C(O)c1cnn(C2CCN(C(=O)C[C@@H]3C[C@@H]4C=C[C@H]3CC4)CC2)c1. The van der Waals surface area contributed by atoms with Gasteiger partial charge < -0.3 is 10.0 Å². The first-order chi connectivity index (χ1) is 12.1. The van der Waals surface area contributed by atoms with E-state index in [-0.39, 0.29) is 17.5 Å². The Labute approximate surface area is 147 Å². The van der Waals surface area contributed by atoms with Gasteiger partial charge in [-0.3, -0.25) is 9.48 Å². The number of hydrogen-bond acceptors (Lipinski definition) is 3. The van der Waals surface area contributed by atoms with E-state index >= 15 is 0 Å². The molecule has 0 spiro atoms. The average molecular weight is 343 g/mol. The van der Waals surface area contributed by atoms with Crippen LogP contribution in [0.25, 0.3) is 0 Å². The quantitative estimate of drug-likeness (QED) is 0.853. The summed E-state index contributed by atoms with van der Waals surface area (Å²) in [5.41, 5.74) is 0.221. The molecular formula is C19H25N3O3. The van der Waals surface area contributed by atoms with Crippen molar-refractivity contribution >= 4 is 11.9 Å². The zero-order valence-electron chi connectivity index (χ0n) is 14.4. The highest BCUT2D eigenvalue weighted by atomic mass is 16.4. The molecular weight excluding hydrogens is 318 g/mol. The largest absolute Gasteiger partial charge is 0.478 e. The van der Waals surface area contributed by atoms with Gasteiger partial charge in [-0.05, 0) is 49.9 Å². The van der Waals surface area contributed by atoms with E-state index in [1.165, 1.54) is 25.5 Å². The van der Waals surface area contributed by atoms with Crippen molar-refractivity contribution in [2.45, 2.75) is 44.6 Å². The van der Waals surface area contributed by atoms with Gasteiger partial charge in [0.25, 0.3) is 0 Å². The molecule has 6 nitrogen and oxygen atoms in total. The molecule has 0 aromatic carbocycles. The van der Waals surface area contributed by atoms with E-state index in [0.717, 1.165) is 25.9 Å². The smallest absolute Gasteiger partial charge is 0.338 e. The van der Waals surface area contributed by atoms with Crippen LogP contribution >= 0.6 is 0 Å². The number of fused-ring (bicyclic) bond motifs is 2. The van der Waals surface area contributed by atoms with Gasteiger partial charge in [0.15, 0.2) is 0 Å². The Balaban J connectivity index is 1.30. The number of carbonyl (C=O) groups excluding carboxylic acids is 1. The van der Waals surface area contributed by atoms with Crippen LogP contribution in [0.2, 0.25) is 0 Å². The van der Waals surface area contributed by atoms with Gasteiger partial charge in [-0.1, -0.05) is 12.2 Å². The number of carbonyl (C=O) groups is 2. The minimum Gasteiger partial charge on any atom is -0.478 e. The summed E-state index contributed by atoms with van der Waals surface area (Å²) in [7, 11) is 0. The number of allylic oxidation sites excluding steroid dienone is 2. The number of rotatable bonds is 4. The number of hydrogen-bond donors (Lipinski definition) is 1. The Hall–Kier alpha value is -2.11. The van der Waals surface area contributed by atoms with Crippen LogP contribution in [-0.2, 0) is 4.79 Å². The van der Waals surface area contributed by atoms with E-state index in [4.69, 9.17) is 5.11 Å². The number of piperidine rings is 1. The summed E-state index contributed by atoms with van der Waals surface area (Å²) < 4.78 is 1.75. The first-order valence-electron chi connectivity index (χ1n) is 9.33. The molecule has 4 aliphatic rings. The zero-order valence-corrected chi connectivity index (χ0v) is 14.4. The predicted octanol–water partition coefficient (Wildman–Crippen LogP) is 2.74. The van der Waals surface area contributed by atoms with Crippen LogP contribution < -0.4 is 0 Å². The Bertz CT molecular complexity index is 688. The molecule has 3 atom stereocenters. The fourth-order valence-electron chi connectivity index (χ4n) is 4.67. The third kappa shape index (κ3) is 3.34. The topological polar surface area (TPSA) is 75.4 Å². The van der Waals surface area contributed by atoms with Crippen molar-refractivity contribution in [2.75, 3.05) is 13.1 Å². The molecule has 1 saturated carbocycles. The molecule has 3 aliphatic carbocycles. The highest BCUT2D eigenvalue weighted by Crippen LogP contribution is 2.42. The maximum Gasteiger partial charge on any atom is 0.338 e. The van der Waals surface area contributed by atoms with Crippen LogP contribution in [0, 0.1) is 17.8 Å². The molecule has 1 aromatic rings. The van der Waals surface area contributed by atoms with E-state index in [1.807, 2.05) is 4.90 Å². The number of likely N-dealkylation sites (tertiary alicyclic amines) is 1. The summed E-state index contributed by atoms with van der Waals surface area (Å²) in [6.07, 6.45) is 13.7. The van der Waals surface area contributed by atoms with Crippen LogP contribution in [0.1, 0.15) is 54.9 Å². The maximum absolute atomic E-state index is 12.7. The Morgan fingerprint density at radius 1 is 1.16 bits per heavy atom. The van der Waals surface area contributed by atoms with Gasteiger partial charge in [0.05, 0.1) is 17.8 Å². The first kappa shape index (κ1) is 16.4. The molecule has 2 fully saturated rings. The molecule has 0 radical (unpaired) electrons. The summed E-state index contributed by atoms with van der Waals surface area (Å²) in [4.78, 5) is 25.6. The van der Waals surface area contributed by atoms with Crippen LogP contribution in [0.3, 0.4) is 0 Å². The number of carboxylic acid groups (broad SMARTS) is 1. The summed E-state index contributed by atoms with van der Waals surface area (Å²) in [6.45, 7) is 1.48. The van der Waals surface area contributed by atoms with E-state index in [1.54, 1.807) is 10.9 Å². The van der Waals surface area contributed by atoms with Gasteiger partial charge in [0.2, 0.25) is 5.91 Å². The standard InChI is InChI=1S/C19H25N3O3/c23-18(10-15-9-13-1-3-14(15)4-2-13)21-7-5-17(6-8-21)22-12-16(11-20-22)19(24)25/h1,3,11-15,17H,2,4-10H2,(H,24,25)/t13-,14+,15+/m1/s1. The molecule has 0 unspecified atom stereocenters. The zero-order chi connectivity index (χ0) is 17.4. The lowest BCUT2D eigenvalue weighted by Crippen LogP contribution is -2.41. The van der Waals surface area contributed by atoms with Gasteiger partial charge >= 0.3 is 5.97 Å². The molecule has 25 heavy (non-hydrogen) atoms. The van der Waals surface area contributed by atoms with E-state index in [0.29, 0.717) is 24.2 Å². The molecule has 5 rings (SSSR count). The van der Waals surface area contributed by atoms with Crippen LogP contribution in [0.4, 0.5) is 0 Å². The first-order valence-corrected chi connectivity index (χ1v) is 9.33. The molecule has 1 amide bonds. The summed E-state index contributed by atoms with van der Waals surface area (Å²) in [6, 6.07) is 0.186. The molecule has 1 aromatic heterocycles. The highest BCUT2D eigenvalue weighted by Gasteiger charge is 2.34. The van der Waals surface area contributed by atoms with Gasteiger partial charge in [-0.25, -0.2) is 4.79 Å². The fourth-order valence-corrected chi connectivity index (χ4v) is 4.67. The molecule has 2 bridgehead atoms. The second kappa shape index (κ2) is 6.65. The monoisotopic (exact) mass is 343 g/mol. The third-order valence-electron chi connectivity index (χ3n) is 6.19. The summed E-state index contributed by atoms with van der Waals surface area (Å²) in [5, 5.41) is 13.2. The van der Waals surface area contributed by atoms with Crippen molar-refractivity contribution in [3.8, 4) is 0 Å². The fraction of sp³-hybridized carbons (Fsp3) is 0.632. The van der Waals surface area contributed by atoms with Crippen LogP contribution in [-0.4, -0.2) is 44.8 Å². The summed E-state index contributed by atoms with van der Waals surface area (Å²) in [5.74, 6) is 1.16. The van der Waals surface area contributed by atoms with Crippen molar-refractivity contribution in [1.82, 2.24) is 14.7 Å². The summed E-state index contributed by atoms with van der Waals surface area (Å²) >= 11 is 0. The number of aromatic nitrogens is 2. The van der Waals surface area contributed by atoms with Crippen LogP contribution in [0.15, 0.2) is 24.5 Å².